The molecule has 0 bridgehead atoms. The quantitative estimate of drug-likeness (QED) is 0.850. The minimum absolute atomic E-state index is 0.0359. The molecule has 144 valence electrons. The van der Waals surface area contributed by atoms with Crippen molar-refractivity contribution in [3.63, 3.8) is 0 Å². The molecule has 1 N–H and O–H groups in total. The molecule has 0 aromatic heterocycles. The first-order chi connectivity index (χ1) is 12.3. The van der Waals surface area contributed by atoms with E-state index in [9.17, 15) is 18.0 Å². The van der Waals surface area contributed by atoms with Gasteiger partial charge >= 0.3 is 6.18 Å². The first-order valence-electron chi connectivity index (χ1n) is 9.09. The Morgan fingerprint density at radius 1 is 1.38 bits per heavy atom. The van der Waals surface area contributed by atoms with Crippen LogP contribution in [0.25, 0.3) is 0 Å². The number of rotatable bonds is 4. The molecule has 2 atom stereocenters. The molecule has 3 rings (SSSR count). The molecule has 1 aromatic carbocycles. The van der Waals surface area contributed by atoms with Crippen LogP contribution in [0.3, 0.4) is 0 Å². The number of thioether (sulfide) groups is 1. The molecule has 1 amide bonds. The lowest BCUT2D eigenvalue weighted by Gasteiger charge is -2.45. The van der Waals surface area contributed by atoms with Gasteiger partial charge in [-0.25, -0.2) is 0 Å². The fourth-order valence-electron chi connectivity index (χ4n) is 3.72. The summed E-state index contributed by atoms with van der Waals surface area (Å²) in [5, 5.41) is 3.00. The maximum absolute atomic E-state index is 13.1. The maximum atomic E-state index is 13.1. The monoisotopic (exact) mass is 386 g/mol. The van der Waals surface area contributed by atoms with Crippen LogP contribution in [0.5, 0.6) is 0 Å². The molecule has 7 heteroatoms. The van der Waals surface area contributed by atoms with Crippen LogP contribution in [-0.4, -0.2) is 36.5 Å². The van der Waals surface area contributed by atoms with Gasteiger partial charge in [0.15, 0.2) is 0 Å². The minimum Gasteiger partial charge on any atom is -0.366 e. The van der Waals surface area contributed by atoms with Crippen LogP contribution in [0.2, 0.25) is 0 Å². The molecule has 2 aliphatic rings. The van der Waals surface area contributed by atoms with Crippen molar-refractivity contribution in [3.05, 3.63) is 29.3 Å². The van der Waals surface area contributed by atoms with Gasteiger partial charge < -0.3 is 10.2 Å². The van der Waals surface area contributed by atoms with Crippen LogP contribution in [0.15, 0.2) is 18.2 Å². The van der Waals surface area contributed by atoms with Gasteiger partial charge in [0.05, 0.1) is 11.5 Å². The Kier molecular flexibility index (Phi) is 5.75. The van der Waals surface area contributed by atoms with E-state index in [4.69, 9.17) is 0 Å². The lowest BCUT2D eigenvalue weighted by atomic mass is 9.84. The molecule has 0 spiro atoms. The summed E-state index contributed by atoms with van der Waals surface area (Å²) in [6.07, 6.45) is -3.09. The third-order valence-electron chi connectivity index (χ3n) is 5.14. The second-order valence-electron chi connectivity index (χ2n) is 7.46. The molecular formula is C19H25F3N2OS. The molecular weight excluding hydrogens is 361 g/mol. The van der Waals surface area contributed by atoms with E-state index in [-0.39, 0.29) is 17.9 Å². The fourth-order valence-corrected chi connectivity index (χ4v) is 4.86. The summed E-state index contributed by atoms with van der Waals surface area (Å²) in [5.41, 5.74) is 0.849. The van der Waals surface area contributed by atoms with E-state index in [1.54, 1.807) is 6.07 Å². The van der Waals surface area contributed by atoms with Crippen molar-refractivity contribution >= 4 is 23.4 Å². The third-order valence-corrected chi connectivity index (χ3v) is 6.19. The van der Waals surface area contributed by atoms with Crippen molar-refractivity contribution in [2.24, 2.45) is 11.8 Å². The highest BCUT2D eigenvalue weighted by Crippen LogP contribution is 2.40. The maximum Gasteiger partial charge on any atom is 0.416 e. The Balaban J connectivity index is 1.85. The minimum atomic E-state index is -4.36. The summed E-state index contributed by atoms with van der Waals surface area (Å²) in [6.45, 7) is 5.58. The van der Waals surface area contributed by atoms with Gasteiger partial charge in [-0.1, -0.05) is 13.8 Å². The highest BCUT2D eigenvalue weighted by atomic mass is 32.2. The largest absolute Gasteiger partial charge is 0.416 e. The lowest BCUT2D eigenvalue weighted by Crippen LogP contribution is -2.55. The zero-order chi connectivity index (χ0) is 18.9. The second-order valence-corrected chi connectivity index (χ2v) is 8.61. The molecule has 26 heavy (non-hydrogen) atoms. The number of fused-ring (bicyclic) bond motifs is 3. The first kappa shape index (κ1) is 19.4. The second kappa shape index (κ2) is 7.71. The standard InChI is InChI=1S/C19H25F3N2OS/c1-12(2)5-6-23-18(25)15-10-13-9-14(19(20,21)22)3-4-16(13)24-7-8-26-11-17(15)24/h3-4,9,12,15,17H,5-8,10-11H2,1-2H3,(H,23,25)/t15-,17+/m1/s1. The summed E-state index contributed by atoms with van der Waals surface area (Å²) in [7, 11) is 0. The Morgan fingerprint density at radius 3 is 2.85 bits per heavy atom. The van der Waals surface area contributed by atoms with E-state index in [1.807, 2.05) is 11.8 Å². The average Bonchev–Trinajstić information content (AvgIpc) is 2.59. The molecule has 0 unspecified atom stereocenters. The van der Waals surface area contributed by atoms with Crippen LogP contribution in [0, 0.1) is 11.8 Å². The molecule has 3 nitrogen and oxygen atoms in total. The number of carbonyl (C=O) groups excluding carboxylic acids is 1. The van der Waals surface area contributed by atoms with E-state index in [0.29, 0.717) is 24.4 Å². The number of carbonyl (C=O) groups is 1. The number of hydrogen-bond acceptors (Lipinski definition) is 3. The lowest BCUT2D eigenvalue weighted by molar-refractivity contribution is -0.137. The number of benzene rings is 1. The van der Waals surface area contributed by atoms with Crippen LogP contribution in [0.4, 0.5) is 18.9 Å². The number of alkyl halides is 3. The fraction of sp³-hybridized carbons (Fsp3) is 0.632. The van der Waals surface area contributed by atoms with E-state index < -0.39 is 11.7 Å². The molecule has 0 saturated carbocycles. The van der Waals surface area contributed by atoms with Crippen molar-refractivity contribution in [1.82, 2.24) is 5.32 Å². The van der Waals surface area contributed by atoms with E-state index in [1.165, 1.54) is 6.07 Å². The molecule has 2 heterocycles. The van der Waals surface area contributed by atoms with Gasteiger partial charge in [0, 0.05) is 36.3 Å². The normalized spacial score (nSPS) is 22.8. The van der Waals surface area contributed by atoms with Crippen LogP contribution in [0.1, 0.15) is 31.4 Å². The highest BCUT2D eigenvalue weighted by Gasteiger charge is 2.41. The first-order valence-corrected chi connectivity index (χ1v) is 10.2. The third kappa shape index (κ3) is 4.13. The number of halogens is 3. The Labute approximate surface area is 156 Å². The SMILES string of the molecule is CC(C)CCNC(=O)[C@@H]1Cc2cc(C(F)(F)F)ccc2N2CCSC[C@@H]12. The number of nitrogens with zero attached hydrogens (tertiary/aromatic N) is 1. The molecule has 1 fully saturated rings. The summed E-state index contributed by atoms with van der Waals surface area (Å²) < 4.78 is 39.3. The number of hydrogen-bond donors (Lipinski definition) is 1. The highest BCUT2D eigenvalue weighted by molar-refractivity contribution is 7.99. The summed E-state index contributed by atoms with van der Waals surface area (Å²) in [5.74, 6) is 1.93. The van der Waals surface area contributed by atoms with E-state index in [0.717, 1.165) is 36.2 Å². The number of anilines is 1. The molecule has 2 aliphatic heterocycles. The molecule has 1 aromatic rings. The Bertz CT molecular complexity index is 663. The smallest absolute Gasteiger partial charge is 0.366 e. The predicted octanol–water partition coefficient (Wildman–Crippen LogP) is 3.96. The summed E-state index contributed by atoms with van der Waals surface area (Å²) >= 11 is 1.81. The Hall–Kier alpha value is -1.37. The van der Waals surface area contributed by atoms with E-state index in [2.05, 4.69) is 24.1 Å². The van der Waals surface area contributed by atoms with Crippen molar-refractivity contribution in [3.8, 4) is 0 Å². The summed E-state index contributed by atoms with van der Waals surface area (Å²) in [4.78, 5) is 14.9. The van der Waals surface area contributed by atoms with Crippen LogP contribution < -0.4 is 10.2 Å². The van der Waals surface area contributed by atoms with Crippen molar-refractivity contribution in [2.45, 2.75) is 38.9 Å². The zero-order valence-electron chi connectivity index (χ0n) is 15.1. The van der Waals surface area contributed by atoms with E-state index >= 15 is 0 Å². The van der Waals surface area contributed by atoms with Gasteiger partial charge in [-0.2, -0.15) is 24.9 Å². The van der Waals surface area contributed by atoms with Gasteiger partial charge in [-0.05, 0) is 42.5 Å². The van der Waals surface area contributed by atoms with Gasteiger partial charge in [0.1, 0.15) is 0 Å². The van der Waals surface area contributed by atoms with Crippen molar-refractivity contribution in [2.75, 3.05) is 29.5 Å². The van der Waals surface area contributed by atoms with Gasteiger partial charge in [0.2, 0.25) is 5.91 Å². The van der Waals surface area contributed by atoms with Gasteiger partial charge in [-0.3, -0.25) is 4.79 Å². The topological polar surface area (TPSA) is 32.3 Å². The average molecular weight is 386 g/mol. The van der Waals surface area contributed by atoms with Gasteiger partial charge in [0.25, 0.3) is 0 Å². The van der Waals surface area contributed by atoms with Crippen LogP contribution >= 0.6 is 11.8 Å². The van der Waals surface area contributed by atoms with Crippen LogP contribution in [-0.2, 0) is 17.4 Å². The molecule has 0 aliphatic carbocycles. The number of amides is 1. The molecule has 1 saturated heterocycles. The Morgan fingerprint density at radius 2 is 2.15 bits per heavy atom. The predicted molar refractivity (Wildman–Crippen MR) is 99.6 cm³/mol. The molecule has 0 radical (unpaired) electrons. The van der Waals surface area contributed by atoms with Crippen molar-refractivity contribution in [1.29, 1.82) is 0 Å². The van der Waals surface area contributed by atoms with Gasteiger partial charge in [-0.15, -0.1) is 0 Å². The summed E-state index contributed by atoms with van der Waals surface area (Å²) in [6, 6.07) is 4.01. The number of nitrogens with one attached hydrogen (secondary N) is 1. The van der Waals surface area contributed by atoms with Crippen molar-refractivity contribution < 1.29 is 18.0 Å². The zero-order valence-corrected chi connectivity index (χ0v) is 15.9.